The van der Waals surface area contributed by atoms with Crippen molar-refractivity contribution in [1.29, 1.82) is 0 Å². The lowest BCUT2D eigenvalue weighted by Crippen LogP contribution is -2.50. The van der Waals surface area contributed by atoms with Gasteiger partial charge < -0.3 is 10.1 Å². The van der Waals surface area contributed by atoms with Gasteiger partial charge in [-0.3, -0.25) is 0 Å². The van der Waals surface area contributed by atoms with E-state index in [4.69, 9.17) is 4.74 Å². The summed E-state index contributed by atoms with van der Waals surface area (Å²) in [5.41, 5.74) is 1.30. The van der Waals surface area contributed by atoms with Crippen LogP contribution >= 0.6 is 11.3 Å². The second kappa shape index (κ2) is 6.70. The van der Waals surface area contributed by atoms with E-state index < -0.39 is 0 Å². The molecule has 1 aromatic heterocycles. The van der Waals surface area contributed by atoms with E-state index in [-0.39, 0.29) is 5.60 Å². The van der Waals surface area contributed by atoms with Crippen molar-refractivity contribution in [3.63, 3.8) is 0 Å². The number of rotatable bonds is 7. The summed E-state index contributed by atoms with van der Waals surface area (Å²) in [4.78, 5) is 0. The van der Waals surface area contributed by atoms with Crippen molar-refractivity contribution in [2.75, 3.05) is 13.7 Å². The van der Waals surface area contributed by atoms with Gasteiger partial charge >= 0.3 is 0 Å². The molecular formula is C17H25NOS. The number of hydrogen-bond donors (Lipinski definition) is 1. The summed E-state index contributed by atoms with van der Waals surface area (Å²) in [6.07, 6.45) is 2.01. The molecule has 0 saturated carbocycles. The first-order chi connectivity index (χ1) is 9.64. The van der Waals surface area contributed by atoms with Gasteiger partial charge in [-0.2, -0.15) is 0 Å². The van der Waals surface area contributed by atoms with Gasteiger partial charge in [0.2, 0.25) is 0 Å². The molecule has 0 saturated heterocycles. The molecule has 2 aromatic rings. The van der Waals surface area contributed by atoms with Gasteiger partial charge in [-0.15, -0.1) is 11.3 Å². The first-order valence-electron chi connectivity index (χ1n) is 7.41. The van der Waals surface area contributed by atoms with Crippen LogP contribution in [0.5, 0.6) is 0 Å². The van der Waals surface area contributed by atoms with Gasteiger partial charge in [0.1, 0.15) is 0 Å². The summed E-state index contributed by atoms with van der Waals surface area (Å²) in [7, 11) is 2.03. The van der Waals surface area contributed by atoms with Crippen LogP contribution in [-0.4, -0.2) is 25.3 Å². The Morgan fingerprint density at radius 3 is 2.70 bits per heavy atom. The van der Waals surface area contributed by atoms with E-state index in [0.29, 0.717) is 6.04 Å². The summed E-state index contributed by atoms with van der Waals surface area (Å²) < 4.78 is 7.40. The average Bonchev–Trinajstić information content (AvgIpc) is 2.88. The Balaban J connectivity index is 2.25. The molecule has 0 fully saturated rings. The van der Waals surface area contributed by atoms with E-state index in [1.165, 1.54) is 15.6 Å². The number of nitrogens with one attached hydrogen (secondary N) is 1. The van der Waals surface area contributed by atoms with Crippen LogP contribution in [0.25, 0.3) is 10.1 Å². The molecule has 0 aliphatic rings. The van der Waals surface area contributed by atoms with E-state index in [1.807, 2.05) is 18.4 Å². The van der Waals surface area contributed by atoms with Crippen LogP contribution in [0.4, 0.5) is 0 Å². The molecule has 2 unspecified atom stereocenters. The fraction of sp³-hybridized carbons (Fsp3) is 0.529. The minimum Gasteiger partial charge on any atom is -0.374 e. The number of likely N-dealkylation sites (N-methyl/N-ethyl adjacent to an activating group) is 1. The fourth-order valence-electron chi connectivity index (χ4n) is 2.81. The van der Waals surface area contributed by atoms with E-state index in [1.54, 1.807) is 0 Å². The molecule has 1 aromatic carbocycles. The number of fused-ring (bicyclic) bond motifs is 1. The number of hydrogen-bond acceptors (Lipinski definition) is 3. The lowest BCUT2D eigenvalue weighted by molar-refractivity contribution is -0.0533. The molecule has 2 rings (SSSR count). The molecule has 1 N–H and O–H groups in total. The molecule has 3 heteroatoms. The van der Waals surface area contributed by atoms with Crippen LogP contribution in [-0.2, 0) is 11.2 Å². The van der Waals surface area contributed by atoms with Crippen molar-refractivity contribution in [3.05, 3.63) is 35.2 Å². The maximum absolute atomic E-state index is 6.03. The minimum absolute atomic E-state index is 0.119. The maximum atomic E-state index is 6.03. The zero-order valence-electron chi connectivity index (χ0n) is 12.9. The summed E-state index contributed by atoms with van der Waals surface area (Å²) in [6.45, 7) is 7.24. The first kappa shape index (κ1) is 15.5. The van der Waals surface area contributed by atoms with E-state index >= 15 is 0 Å². The van der Waals surface area contributed by atoms with Crippen molar-refractivity contribution in [2.45, 2.75) is 45.3 Å². The highest BCUT2D eigenvalue weighted by Gasteiger charge is 2.32. The maximum Gasteiger partial charge on any atom is 0.0807 e. The summed E-state index contributed by atoms with van der Waals surface area (Å²) in [6, 6.07) is 8.96. The molecule has 0 radical (unpaired) electrons. The molecule has 20 heavy (non-hydrogen) atoms. The van der Waals surface area contributed by atoms with E-state index in [2.05, 4.69) is 55.7 Å². The summed E-state index contributed by atoms with van der Waals surface area (Å²) in [5, 5.41) is 7.13. The summed E-state index contributed by atoms with van der Waals surface area (Å²) in [5.74, 6) is 0. The van der Waals surface area contributed by atoms with Gasteiger partial charge in [0, 0.05) is 17.3 Å². The molecule has 0 spiro atoms. The number of benzene rings is 1. The third kappa shape index (κ3) is 3.05. The lowest BCUT2D eigenvalue weighted by Gasteiger charge is -2.36. The fourth-order valence-corrected chi connectivity index (χ4v) is 3.79. The lowest BCUT2D eigenvalue weighted by atomic mass is 9.88. The Labute approximate surface area is 126 Å². The van der Waals surface area contributed by atoms with Gasteiger partial charge in [0.25, 0.3) is 0 Å². The average molecular weight is 291 g/mol. The normalized spacial score (nSPS) is 16.2. The Kier molecular flexibility index (Phi) is 5.19. The quantitative estimate of drug-likeness (QED) is 0.824. The second-order valence-corrected chi connectivity index (χ2v) is 6.31. The van der Waals surface area contributed by atoms with Crippen molar-refractivity contribution in [1.82, 2.24) is 5.32 Å². The van der Waals surface area contributed by atoms with Crippen LogP contribution in [0.1, 0.15) is 32.8 Å². The molecule has 0 amide bonds. The summed E-state index contributed by atoms with van der Waals surface area (Å²) >= 11 is 1.83. The molecule has 0 bridgehead atoms. The second-order valence-electron chi connectivity index (χ2n) is 5.40. The third-order valence-corrected chi connectivity index (χ3v) is 5.26. The predicted octanol–water partition coefficient (Wildman–Crippen LogP) is 4.24. The van der Waals surface area contributed by atoms with E-state index in [0.717, 1.165) is 19.4 Å². The van der Waals surface area contributed by atoms with Gasteiger partial charge in [-0.1, -0.05) is 25.1 Å². The Morgan fingerprint density at radius 1 is 1.30 bits per heavy atom. The van der Waals surface area contributed by atoms with Crippen molar-refractivity contribution in [2.24, 2.45) is 0 Å². The van der Waals surface area contributed by atoms with Crippen molar-refractivity contribution >= 4 is 21.4 Å². The van der Waals surface area contributed by atoms with Crippen LogP contribution in [0, 0.1) is 0 Å². The van der Waals surface area contributed by atoms with Crippen LogP contribution < -0.4 is 5.32 Å². The van der Waals surface area contributed by atoms with Crippen LogP contribution in [0.15, 0.2) is 29.6 Å². The van der Waals surface area contributed by atoms with Gasteiger partial charge in [-0.05, 0) is 56.1 Å². The van der Waals surface area contributed by atoms with Gasteiger partial charge in [-0.25, -0.2) is 0 Å². The van der Waals surface area contributed by atoms with Gasteiger partial charge in [0.05, 0.1) is 5.60 Å². The molecule has 2 atom stereocenters. The van der Waals surface area contributed by atoms with Crippen LogP contribution in [0.3, 0.4) is 0 Å². The molecular weight excluding hydrogens is 266 g/mol. The van der Waals surface area contributed by atoms with Crippen molar-refractivity contribution < 1.29 is 4.74 Å². The number of thiophene rings is 1. The first-order valence-corrected chi connectivity index (χ1v) is 8.29. The molecule has 0 aliphatic heterocycles. The zero-order chi connectivity index (χ0) is 14.6. The van der Waals surface area contributed by atoms with Crippen molar-refractivity contribution in [3.8, 4) is 0 Å². The van der Waals surface area contributed by atoms with E-state index in [9.17, 15) is 0 Å². The largest absolute Gasteiger partial charge is 0.374 e. The zero-order valence-corrected chi connectivity index (χ0v) is 13.7. The monoisotopic (exact) mass is 291 g/mol. The molecule has 0 aliphatic carbocycles. The highest BCUT2D eigenvalue weighted by atomic mass is 32.1. The Hall–Kier alpha value is -0.900. The third-order valence-electron chi connectivity index (χ3n) is 4.25. The van der Waals surface area contributed by atoms with Crippen LogP contribution in [0.2, 0.25) is 0 Å². The number of ether oxygens (including phenoxy) is 1. The van der Waals surface area contributed by atoms with Gasteiger partial charge in [0.15, 0.2) is 0 Å². The molecule has 110 valence electrons. The Morgan fingerprint density at radius 2 is 2.05 bits per heavy atom. The highest BCUT2D eigenvalue weighted by molar-refractivity contribution is 7.17. The predicted molar refractivity (Wildman–Crippen MR) is 88.7 cm³/mol. The molecule has 1 heterocycles. The standard InChI is InChI=1S/C17H25NOS/c1-5-17(3,19-6-2)16(18-4)11-13-12-20-15-10-8-7-9-14(13)15/h7-10,12,16,18H,5-6,11H2,1-4H3. The SMILES string of the molecule is CCOC(C)(CC)C(Cc1csc2ccccc12)NC. The molecule has 2 nitrogen and oxygen atoms in total. The Bertz CT molecular complexity index is 551. The topological polar surface area (TPSA) is 21.3 Å². The smallest absolute Gasteiger partial charge is 0.0807 e. The minimum atomic E-state index is -0.119. The highest BCUT2D eigenvalue weighted by Crippen LogP contribution is 2.30.